The Balaban J connectivity index is 1.64. The average molecular weight is 582 g/mol. The van der Waals surface area contributed by atoms with E-state index in [9.17, 15) is 27.6 Å². The SMILES string of the molecule is CC(C)(N)CC(=O)N[C@@H]1CCc2cc(C(F)(F)F)ccc2N(Cc2ccc(-c3ccccc3CNC(N)=O)cc2)C1=O. The third kappa shape index (κ3) is 7.67. The molecule has 0 aromatic heterocycles. The van der Waals surface area contributed by atoms with Crippen molar-refractivity contribution in [3.63, 3.8) is 0 Å². The molecular weight excluding hydrogens is 547 g/mol. The predicted molar refractivity (Wildman–Crippen MR) is 154 cm³/mol. The number of primary amides is 1. The first-order chi connectivity index (χ1) is 19.7. The number of alkyl halides is 3. The van der Waals surface area contributed by atoms with Crippen molar-refractivity contribution in [3.05, 3.63) is 89.0 Å². The highest BCUT2D eigenvalue weighted by molar-refractivity contribution is 6.00. The van der Waals surface area contributed by atoms with Crippen LogP contribution in [0.25, 0.3) is 11.1 Å². The average Bonchev–Trinajstić information content (AvgIpc) is 3.03. The van der Waals surface area contributed by atoms with E-state index in [1.54, 1.807) is 13.8 Å². The summed E-state index contributed by atoms with van der Waals surface area (Å²) in [4.78, 5) is 39.0. The minimum absolute atomic E-state index is 0.0140. The Kier molecular flexibility index (Phi) is 8.91. The minimum Gasteiger partial charge on any atom is -0.352 e. The molecule has 3 aromatic rings. The highest BCUT2D eigenvalue weighted by atomic mass is 19.4. The number of nitrogens with zero attached hydrogens (tertiary/aromatic N) is 1. The number of carbonyl (C=O) groups excluding carboxylic acids is 3. The maximum absolute atomic E-state index is 13.8. The van der Waals surface area contributed by atoms with Gasteiger partial charge in [-0.3, -0.25) is 9.59 Å². The number of nitrogens with one attached hydrogen (secondary N) is 2. The smallest absolute Gasteiger partial charge is 0.352 e. The van der Waals surface area contributed by atoms with Crippen molar-refractivity contribution >= 4 is 23.5 Å². The number of fused-ring (bicyclic) bond motifs is 1. The Hall–Kier alpha value is -4.38. The summed E-state index contributed by atoms with van der Waals surface area (Å²) in [6, 6.07) is 16.7. The molecule has 1 atom stereocenters. The number of hydrogen-bond donors (Lipinski definition) is 4. The van der Waals surface area contributed by atoms with E-state index >= 15 is 0 Å². The molecule has 4 amide bonds. The normalized spacial score (nSPS) is 15.5. The molecule has 0 saturated carbocycles. The molecular formula is C31H34F3N5O3. The summed E-state index contributed by atoms with van der Waals surface area (Å²) in [5.41, 5.74) is 13.7. The first-order valence-electron chi connectivity index (χ1n) is 13.5. The number of carbonyl (C=O) groups is 3. The zero-order valence-electron chi connectivity index (χ0n) is 23.4. The summed E-state index contributed by atoms with van der Waals surface area (Å²) in [6.45, 7) is 3.72. The van der Waals surface area contributed by atoms with Crippen LogP contribution in [-0.4, -0.2) is 29.4 Å². The van der Waals surface area contributed by atoms with E-state index in [2.05, 4.69) is 10.6 Å². The van der Waals surface area contributed by atoms with Gasteiger partial charge in [0.25, 0.3) is 0 Å². The first-order valence-corrected chi connectivity index (χ1v) is 13.5. The summed E-state index contributed by atoms with van der Waals surface area (Å²) in [5.74, 6) is -0.819. The van der Waals surface area contributed by atoms with Crippen molar-refractivity contribution in [2.24, 2.45) is 11.5 Å². The Bertz CT molecular complexity index is 1470. The molecule has 4 rings (SSSR count). The molecule has 1 heterocycles. The molecule has 8 nitrogen and oxygen atoms in total. The van der Waals surface area contributed by atoms with E-state index in [4.69, 9.17) is 11.5 Å². The van der Waals surface area contributed by atoms with E-state index in [0.717, 1.165) is 34.4 Å². The summed E-state index contributed by atoms with van der Waals surface area (Å²) in [7, 11) is 0. The van der Waals surface area contributed by atoms with Crippen LogP contribution < -0.4 is 27.0 Å². The van der Waals surface area contributed by atoms with Crippen LogP contribution in [0.5, 0.6) is 0 Å². The van der Waals surface area contributed by atoms with Gasteiger partial charge in [-0.05, 0) is 72.7 Å². The summed E-state index contributed by atoms with van der Waals surface area (Å²) in [6.07, 6.45) is -4.22. The predicted octanol–water partition coefficient (Wildman–Crippen LogP) is 4.63. The van der Waals surface area contributed by atoms with Crippen LogP contribution in [-0.2, 0) is 35.3 Å². The molecule has 1 aliphatic heterocycles. The van der Waals surface area contributed by atoms with Gasteiger partial charge in [-0.25, -0.2) is 4.79 Å². The van der Waals surface area contributed by atoms with E-state index in [0.29, 0.717) is 11.3 Å². The summed E-state index contributed by atoms with van der Waals surface area (Å²) in [5, 5.41) is 5.33. The van der Waals surface area contributed by atoms with Gasteiger partial charge in [-0.2, -0.15) is 13.2 Å². The van der Waals surface area contributed by atoms with Crippen molar-refractivity contribution in [3.8, 4) is 11.1 Å². The second kappa shape index (κ2) is 12.2. The fourth-order valence-corrected chi connectivity index (χ4v) is 5.02. The topological polar surface area (TPSA) is 131 Å². The monoisotopic (exact) mass is 581 g/mol. The highest BCUT2D eigenvalue weighted by Crippen LogP contribution is 2.36. The molecule has 0 aliphatic carbocycles. The first kappa shape index (κ1) is 30.6. The van der Waals surface area contributed by atoms with Crippen molar-refractivity contribution in [2.75, 3.05) is 4.90 Å². The zero-order valence-corrected chi connectivity index (χ0v) is 23.4. The lowest BCUT2D eigenvalue weighted by molar-refractivity contribution is -0.137. The Morgan fingerprint density at radius 3 is 2.36 bits per heavy atom. The van der Waals surface area contributed by atoms with Crippen LogP contribution in [0, 0.1) is 0 Å². The number of anilines is 1. The van der Waals surface area contributed by atoms with E-state index in [-0.39, 0.29) is 32.4 Å². The zero-order chi connectivity index (χ0) is 30.7. The van der Waals surface area contributed by atoms with Crippen molar-refractivity contribution in [1.82, 2.24) is 10.6 Å². The number of urea groups is 1. The van der Waals surface area contributed by atoms with E-state index in [1.807, 2.05) is 48.5 Å². The van der Waals surface area contributed by atoms with Gasteiger partial charge >= 0.3 is 12.2 Å². The fourth-order valence-electron chi connectivity index (χ4n) is 5.02. The lowest BCUT2D eigenvalue weighted by Gasteiger charge is -2.27. The molecule has 1 aliphatic rings. The van der Waals surface area contributed by atoms with E-state index < -0.39 is 41.2 Å². The molecule has 0 radical (unpaired) electrons. The number of halogens is 3. The number of amides is 4. The molecule has 11 heteroatoms. The van der Waals surface area contributed by atoms with Crippen molar-refractivity contribution in [2.45, 2.75) is 64.0 Å². The lowest BCUT2D eigenvalue weighted by Crippen LogP contribution is -2.49. The highest BCUT2D eigenvalue weighted by Gasteiger charge is 2.35. The van der Waals surface area contributed by atoms with Crippen LogP contribution in [0.2, 0.25) is 0 Å². The minimum atomic E-state index is -4.53. The van der Waals surface area contributed by atoms with Crippen LogP contribution in [0.3, 0.4) is 0 Å². The maximum Gasteiger partial charge on any atom is 0.416 e. The van der Waals surface area contributed by atoms with Crippen LogP contribution in [0.15, 0.2) is 66.7 Å². The van der Waals surface area contributed by atoms with Gasteiger partial charge in [0.05, 0.1) is 12.1 Å². The summed E-state index contributed by atoms with van der Waals surface area (Å²) >= 11 is 0. The van der Waals surface area contributed by atoms with Gasteiger partial charge in [0, 0.05) is 24.2 Å². The van der Waals surface area contributed by atoms with Gasteiger partial charge in [-0.1, -0.05) is 48.5 Å². The van der Waals surface area contributed by atoms with Crippen LogP contribution >= 0.6 is 0 Å². The van der Waals surface area contributed by atoms with Gasteiger partial charge in [-0.15, -0.1) is 0 Å². The molecule has 0 unspecified atom stereocenters. The molecule has 3 aromatic carbocycles. The van der Waals surface area contributed by atoms with Crippen molar-refractivity contribution < 1.29 is 27.6 Å². The third-order valence-corrected chi connectivity index (χ3v) is 6.99. The number of benzene rings is 3. The molecule has 0 spiro atoms. The van der Waals surface area contributed by atoms with Gasteiger partial charge < -0.3 is 27.0 Å². The largest absolute Gasteiger partial charge is 0.416 e. The quantitative estimate of drug-likeness (QED) is 0.309. The second-order valence-corrected chi connectivity index (χ2v) is 11.2. The third-order valence-electron chi connectivity index (χ3n) is 6.99. The lowest BCUT2D eigenvalue weighted by atomic mass is 9.98. The standard InChI is InChI=1S/C31H34F3N5O3/c1-30(2,36)16-27(40)38-25-13-11-21-15-23(31(32,33)34)12-14-26(21)39(28(25)41)18-19-7-9-20(10-8-19)24-6-4-3-5-22(24)17-37-29(35)42/h3-10,12,14-15,25H,11,13,16-18,36H2,1-2H3,(H,38,40)(H3,35,37,42)/t25-/m1/s1. The number of aryl methyl sites for hydroxylation is 1. The Morgan fingerprint density at radius 2 is 1.71 bits per heavy atom. The van der Waals surface area contributed by atoms with E-state index in [1.165, 1.54) is 11.0 Å². The molecule has 42 heavy (non-hydrogen) atoms. The molecule has 0 saturated heterocycles. The molecule has 6 N–H and O–H groups in total. The number of hydrogen-bond acceptors (Lipinski definition) is 4. The molecule has 222 valence electrons. The van der Waals surface area contributed by atoms with Crippen molar-refractivity contribution in [1.29, 1.82) is 0 Å². The maximum atomic E-state index is 13.8. The van der Waals surface area contributed by atoms with Crippen LogP contribution in [0.1, 0.15) is 48.9 Å². The second-order valence-electron chi connectivity index (χ2n) is 11.2. The Morgan fingerprint density at radius 1 is 1.02 bits per heavy atom. The van der Waals surface area contributed by atoms with Gasteiger partial charge in [0.15, 0.2) is 0 Å². The fraction of sp³-hybridized carbons (Fsp3) is 0.323. The molecule has 0 bridgehead atoms. The molecule has 0 fully saturated rings. The Labute approximate surface area is 242 Å². The van der Waals surface area contributed by atoms with Gasteiger partial charge in [0.1, 0.15) is 6.04 Å². The summed E-state index contributed by atoms with van der Waals surface area (Å²) < 4.78 is 40.5. The van der Waals surface area contributed by atoms with Crippen LogP contribution in [0.4, 0.5) is 23.7 Å². The number of nitrogens with two attached hydrogens (primary N) is 2. The number of rotatable bonds is 8. The van der Waals surface area contributed by atoms with Gasteiger partial charge in [0.2, 0.25) is 11.8 Å².